The highest BCUT2D eigenvalue weighted by Gasteiger charge is 2.24. The minimum absolute atomic E-state index is 0.00171. The molecule has 1 aliphatic rings. The van der Waals surface area contributed by atoms with Crippen molar-refractivity contribution >= 4 is 29.3 Å². The van der Waals surface area contributed by atoms with Crippen LogP contribution in [0.2, 0.25) is 0 Å². The Balaban J connectivity index is 2.12. The van der Waals surface area contributed by atoms with Crippen molar-refractivity contribution < 1.29 is 14.7 Å². The summed E-state index contributed by atoms with van der Waals surface area (Å²) in [6, 6.07) is 6.46. The summed E-state index contributed by atoms with van der Waals surface area (Å²) in [6.45, 7) is 0. The van der Waals surface area contributed by atoms with Gasteiger partial charge in [0.1, 0.15) is 0 Å². The Morgan fingerprint density at radius 1 is 1.35 bits per heavy atom. The molecule has 1 atom stereocenters. The Bertz CT molecular complexity index is 441. The van der Waals surface area contributed by atoms with Gasteiger partial charge in [0.25, 0.3) is 0 Å². The molecule has 17 heavy (non-hydrogen) atoms. The maximum atomic E-state index is 11.9. The summed E-state index contributed by atoms with van der Waals surface area (Å²) >= 11 is 1.75. The number of carbonyl (C=O) groups is 2. The quantitative estimate of drug-likeness (QED) is 0.863. The van der Waals surface area contributed by atoms with E-state index in [9.17, 15) is 9.59 Å². The second-order valence-electron chi connectivity index (χ2n) is 3.90. The molecule has 1 heterocycles. The number of carbonyl (C=O) groups excluding carboxylic acids is 1. The molecule has 4 nitrogen and oxygen atoms in total. The van der Waals surface area contributed by atoms with Gasteiger partial charge < -0.3 is 10.4 Å². The van der Waals surface area contributed by atoms with E-state index in [0.717, 1.165) is 17.9 Å². The summed E-state index contributed by atoms with van der Waals surface area (Å²) < 4.78 is 0. The SMILES string of the molecule is O=C(O)c1ccccc1NC(=O)C1CCSC1. The largest absolute Gasteiger partial charge is 0.478 e. The first-order chi connectivity index (χ1) is 8.18. The van der Waals surface area contributed by atoms with Crippen molar-refractivity contribution in [2.45, 2.75) is 6.42 Å². The van der Waals surface area contributed by atoms with E-state index in [1.807, 2.05) is 0 Å². The molecular formula is C12H13NO3S. The Labute approximate surface area is 103 Å². The lowest BCUT2D eigenvalue weighted by Gasteiger charge is -2.11. The number of para-hydroxylation sites is 1. The highest BCUT2D eigenvalue weighted by atomic mass is 32.2. The summed E-state index contributed by atoms with van der Waals surface area (Å²) in [7, 11) is 0. The molecule has 1 aromatic rings. The first-order valence-electron chi connectivity index (χ1n) is 5.39. The van der Waals surface area contributed by atoms with E-state index >= 15 is 0 Å². The molecular weight excluding hydrogens is 238 g/mol. The van der Waals surface area contributed by atoms with Crippen LogP contribution in [0.25, 0.3) is 0 Å². The van der Waals surface area contributed by atoms with Gasteiger partial charge in [-0.05, 0) is 24.3 Å². The highest BCUT2D eigenvalue weighted by molar-refractivity contribution is 7.99. The molecule has 0 aliphatic carbocycles. The number of amides is 1. The fourth-order valence-corrected chi connectivity index (χ4v) is 2.98. The molecule has 0 bridgehead atoms. The number of thioether (sulfide) groups is 1. The average Bonchev–Trinajstić information content (AvgIpc) is 2.83. The molecule has 1 unspecified atom stereocenters. The number of aromatic carboxylic acids is 1. The number of benzene rings is 1. The number of carboxylic acids is 1. The normalized spacial score (nSPS) is 18.9. The van der Waals surface area contributed by atoms with Gasteiger partial charge in [-0.1, -0.05) is 12.1 Å². The Morgan fingerprint density at radius 2 is 2.12 bits per heavy atom. The predicted octanol–water partition coefficient (Wildman–Crippen LogP) is 2.08. The van der Waals surface area contributed by atoms with Crippen LogP contribution in [0.4, 0.5) is 5.69 Å². The Morgan fingerprint density at radius 3 is 2.76 bits per heavy atom. The van der Waals surface area contributed by atoms with Crippen LogP contribution in [0.3, 0.4) is 0 Å². The fraction of sp³-hybridized carbons (Fsp3) is 0.333. The highest BCUT2D eigenvalue weighted by Crippen LogP contribution is 2.25. The van der Waals surface area contributed by atoms with Gasteiger partial charge in [-0.2, -0.15) is 11.8 Å². The van der Waals surface area contributed by atoms with Gasteiger partial charge in [0, 0.05) is 11.7 Å². The molecule has 5 heteroatoms. The zero-order valence-electron chi connectivity index (χ0n) is 9.18. The van der Waals surface area contributed by atoms with Crippen LogP contribution < -0.4 is 5.32 Å². The van der Waals surface area contributed by atoms with Crippen molar-refractivity contribution in [1.82, 2.24) is 0 Å². The smallest absolute Gasteiger partial charge is 0.337 e. The van der Waals surface area contributed by atoms with Gasteiger partial charge in [0.05, 0.1) is 11.3 Å². The molecule has 2 N–H and O–H groups in total. The molecule has 1 aliphatic heterocycles. The second kappa shape index (κ2) is 5.23. The predicted molar refractivity (Wildman–Crippen MR) is 67.5 cm³/mol. The fourth-order valence-electron chi connectivity index (χ4n) is 1.75. The van der Waals surface area contributed by atoms with Crippen LogP contribution >= 0.6 is 11.8 Å². The van der Waals surface area contributed by atoms with E-state index < -0.39 is 5.97 Å². The number of anilines is 1. The molecule has 0 spiro atoms. The van der Waals surface area contributed by atoms with Crippen LogP contribution in [0, 0.1) is 5.92 Å². The molecule has 2 rings (SSSR count). The van der Waals surface area contributed by atoms with Crippen LogP contribution in [0.5, 0.6) is 0 Å². The summed E-state index contributed by atoms with van der Waals surface area (Å²) in [5, 5.41) is 11.7. The summed E-state index contributed by atoms with van der Waals surface area (Å²) in [5.74, 6) is 0.715. The minimum atomic E-state index is -1.03. The molecule has 90 valence electrons. The van der Waals surface area contributed by atoms with Gasteiger partial charge in [0.15, 0.2) is 0 Å². The lowest BCUT2D eigenvalue weighted by molar-refractivity contribution is -0.119. The summed E-state index contributed by atoms with van der Waals surface area (Å²) in [5.41, 5.74) is 0.508. The number of hydrogen-bond acceptors (Lipinski definition) is 3. The van der Waals surface area contributed by atoms with Gasteiger partial charge >= 0.3 is 5.97 Å². The van der Waals surface area contributed by atoms with Gasteiger partial charge in [-0.25, -0.2) is 4.79 Å². The number of hydrogen-bond donors (Lipinski definition) is 2. The molecule has 0 radical (unpaired) electrons. The molecule has 0 saturated carbocycles. The second-order valence-corrected chi connectivity index (χ2v) is 5.05. The topological polar surface area (TPSA) is 66.4 Å². The van der Waals surface area contributed by atoms with E-state index in [0.29, 0.717) is 5.69 Å². The monoisotopic (exact) mass is 251 g/mol. The van der Waals surface area contributed by atoms with Crippen molar-refractivity contribution in [3.8, 4) is 0 Å². The van der Waals surface area contributed by atoms with Crippen LogP contribution in [0.1, 0.15) is 16.8 Å². The van der Waals surface area contributed by atoms with E-state index in [1.165, 1.54) is 6.07 Å². The molecule has 1 saturated heterocycles. The average molecular weight is 251 g/mol. The third kappa shape index (κ3) is 2.79. The van der Waals surface area contributed by atoms with E-state index in [2.05, 4.69) is 5.32 Å². The zero-order valence-corrected chi connectivity index (χ0v) is 10.00. The molecule has 1 aromatic carbocycles. The van der Waals surface area contributed by atoms with Crippen LogP contribution in [-0.4, -0.2) is 28.5 Å². The maximum Gasteiger partial charge on any atom is 0.337 e. The first kappa shape index (κ1) is 12.0. The zero-order chi connectivity index (χ0) is 12.3. The molecule has 0 aromatic heterocycles. The van der Waals surface area contributed by atoms with Gasteiger partial charge in [-0.3, -0.25) is 4.79 Å². The molecule has 1 amide bonds. The third-order valence-electron chi connectivity index (χ3n) is 2.72. The number of nitrogens with one attached hydrogen (secondary N) is 1. The summed E-state index contributed by atoms with van der Waals surface area (Å²) in [4.78, 5) is 22.8. The lowest BCUT2D eigenvalue weighted by atomic mass is 10.1. The third-order valence-corrected chi connectivity index (χ3v) is 3.88. The van der Waals surface area contributed by atoms with Crippen LogP contribution in [-0.2, 0) is 4.79 Å². The summed E-state index contributed by atoms with van der Waals surface area (Å²) in [6.07, 6.45) is 0.867. The first-order valence-corrected chi connectivity index (χ1v) is 6.55. The van der Waals surface area contributed by atoms with Crippen molar-refractivity contribution in [3.63, 3.8) is 0 Å². The maximum absolute atomic E-state index is 11.9. The molecule has 1 fully saturated rings. The van der Waals surface area contributed by atoms with Crippen molar-refractivity contribution in [2.24, 2.45) is 5.92 Å². The Kier molecular flexibility index (Phi) is 3.68. The van der Waals surface area contributed by atoms with E-state index in [-0.39, 0.29) is 17.4 Å². The standard InChI is InChI=1S/C12H13NO3S/c14-11(8-5-6-17-7-8)13-10-4-2-1-3-9(10)12(15)16/h1-4,8H,5-7H2,(H,13,14)(H,15,16). The van der Waals surface area contributed by atoms with Crippen LogP contribution in [0.15, 0.2) is 24.3 Å². The van der Waals surface area contributed by atoms with Gasteiger partial charge in [-0.15, -0.1) is 0 Å². The van der Waals surface area contributed by atoms with Crippen molar-refractivity contribution in [3.05, 3.63) is 29.8 Å². The lowest BCUT2D eigenvalue weighted by Crippen LogP contribution is -2.23. The van der Waals surface area contributed by atoms with Gasteiger partial charge in [0.2, 0.25) is 5.91 Å². The number of carboxylic acid groups (broad SMARTS) is 1. The minimum Gasteiger partial charge on any atom is -0.478 e. The van der Waals surface area contributed by atoms with Crippen molar-refractivity contribution in [2.75, 3.05) is 16.8 Å². The Hall–Kier alpha value is -1.49. The number of rotatable bonds is 3. The van der Waals surface area contributed by atoms with E-state index in [4.69, 9.17) is 5.11 Å². The van der Waals surface area contributed by atoms with E-state index in [1.54, 1.807) is 30.0 Å². The van der Waals surface area contributed by atoms with Crippen molar-refractivity contribution in [1.29, 1.82) is 0 Å².